The summed E-state index contributed by atoms with van der Waals surface area (Å²) in [6, 6.07) is 8.66. The molecule has 0 atom stereocenters. The van der Waals surface area contributed by atoms with Crippen molar-refractivity contribution in [2.45, 2.75) is 13.3 Å². The number of rotatable bonds is 2. The van der Waals surface area contributed by atoms with Gasteiger partial charge in [0, 0.05) is 22.2 Å². The van der Waals surface area contributed by atoms with Gasteiger partial charge in [0.2, 0.25) is 0 Å². The molecule has 3 aromatic rings. The number of anilines is 1. The van der Waals surface area contributed by atoms with E-state index in [1.807, 2.05) is 19.1 Å². The summed E-state index contributed by atoms with van der Waals surface area (Å²) in [7, 11) is 0. The maximum absolute atomic E-state index is 13.3. The lowest BCUT2D eigenvalue weighted by Gasteiger charge is -2.11. The third-order valence-electron chi connectivity index (χ3n) is 3.38. The zero-order valence-corrected chi connectivity index (χ0v) is 12.2. The Labute approximate surface area is 126 Å². The van der Waals surface area contributed by atoms with Crippen LogP contribution in [-0.2, 0) is 6.42 Å². The summed E-state index contributed by atoms with van der Waals surface area (Å²) in [6.45, 7) is 2.01. The Hall–Kier alpha value is -2.20. The van der Waals surface area contributed by atoms with Crippen LogP contribution in [0.4, 0.5) is 10.2 Å². The van der Waals surface area contributed by atoms with Crippen LogP contribution >= 0.6 is 11.6 Å². The van der Waals surface area contributed by atoms with Gasteiger partial charge < -0.3 is 5.73 Å². The monoisotopic (exact) mass is 301 g/mol. The molecule has 3 nitrogen and oxygen atoms in total. The Morgan fingerprint density at radius 1 is 1.24 bits per heavy atom. The number of aryl methyl sites for hydroxylation is 1. The van der Waals surface area contributed by atoms with E-state index in [0.717, 1.165) is 12.1 Å². The minimum Gasteiger partial charge on any atom is -0.383 e. The van der Waals surface area contributed by atoms with E-state index >= 15 is 0 Å². The van der Waals surface area contributed by atoms with Gasteiger partial charge in [0.25, 0.3) is 0 Å². The van der Waals surface area contributed by atoms with Gasteiger partial charge >= 0.3 is 0 Å². The van der Waals surface area contributed by atoms with Gasteiger partial charge in [-0.25, -0.2) is 9.37 Å². The van der Waals surface area contributed by atoms with Crippen LogP contribution in [-0.4, -0.2) is 9.97 Å². The minimum atomic E-state index is -0.386. The zero-order valence-electron chi connectivity index (χ0n) is 11.4. The van der Waals surface area contributed by atoms with Crippen molar-refractivity contribution in [3.8, 4) is 11.1 Å². The number of hydrogen-bond donors (Lipinski definition) is 1. The number of nitrogen functional groups attached to an aromatic ring is 1. The fourth-order valence-electron chi connectivity index (χ4n) is 2.33. The normalized spacial score (nSPS) is 11.0. The standard InChI is InChI=1S/C16H13ClFN3/c1-2-11-4-5-12(16(19)21-11)14-13(17)6-3-9-7-10(18)8-20-15(9)14/h3-8H,2H2,1H3,(H2,19,21). The van der Waals surface area contributed by atoms with Crippen molar-refractivity contribution in [1.82, 2.24) is 9.97 Å². The molecule has 2 aromatic heterocycles. The van der Waals surface area contributed by atoms with Gasteiger partial charge in [-0.3, -0.25) is 4.98 Å². The first-order chi connectivity index (χ1) is 10.1. The molecule has 106 valence electrons. The first-order valence-electron chi connectivity index (χ1n) is 6.59. The van der Waals surface area contributed by atoms with Crippen molar-refractivity contribution < 1.29 is 4.39 Å². The van der Waals surface area contributed by atoms with Gasteiger partial charge in [0.1, 0.15) is 11.6 Å². The molecule has 0 aliphatic carbocycles. The second-order valence-electron chi connectivity index (χ2n) is 4.74. The van der Waals surface area contributed by atoms with E-state index in [1.165, 1.54) is 12.3 Å². The maximum atomic E-state index is 13.3. The van der Waals surface area contributed by atoms with Crippen LogP contribution < -0.4 is 5.73 Å². The second kappa shape index (κ2) is 5.30. The number of nitrogens with two attached hydrogens (primary N) is 1. The van der Waals surface area contributed by atoms with E-state index in [-0.39, 0.29) is 5.82 Å². The van der Waals surface area contributed by atoms with E-state index in [9.17, 15) is 4.39 Å². The first kappa shape index (κ1) is 13.8. The summed E-state index contributed by atoms with van der Waals surface area (Å²) in [4.78, 5) is 8.51. The molecule has 0 bridgehead atoms. The molecule has 21 heavy (non-hydrogen) atoms. The number of benzene rings is 1. The zero-order chi connectivity index (χ0) is 15.0. The molecule has 0 unspecified atom stereocenters. The Bertz CT molecular complexity index is 833. The average Bonchev–Trinajstić information content (AvgIpc) is 2.48. The lowest BCUT2D eigenvalue weighted by Crippen LogP contribution is -1.99. The number of fused-ring (bicyclic) bond motifs is 1. The van der Waals surface area contributed by atoms with Crippen molar-refractivity contribution in [3.05, 3.63) is 53.1 Å². The molecule has 5 heteroatoms. The molecule has 0 amide bonds. The molecule has 0 aliphatic heterocycles. The molecule has 0 saturated carbocycles. The third kappa shape index (κ3) is 2.43. The van der Waals surface area contributed by atoms with Crippen LogP contribution in [0.15, 0.2) is 36.5 Å². The van der Waals surface area contributed by atoms with E-state index in [4.69, 9.17) is 17.3 Å². The van der Waals surface area contributed by atoms with Gasteiger partial charge in [-0.2, -0.15) is 0 Å². The number of hydrogen-bond acceptors (Lipinski definition) is 3. The van der Waals surface area contributed by atoms with Crippen molar-refractivity contribution in [1.29, 1.82) is 0 Å². The fraction of sp³-hybridized carbons (Fsp3) is 0.125. The minimum absolute atomic E-state index is 0.386. The van der Waals surface area contributed by atoms with Crippen LogP contribution in [0.2, 0.25) is 5.02 Å². The van der Waals surface area contributed by atoms with Crippen molar-refractivity contribution in [2.24, 2.45) is 0 Å². The highest BCUT2D eigenvalue weighted by Crippen LogP contribution is 2.36. The number of nitrogens with zero attached hydrogens (tertiary/aromatic N) is 2. The molecule has 2 N–H and O–H groups in total. The van der Waals surface area contributed by atoms with E-state index in [0.29, 0.717) is 32.9 Å². The van der Waals surface area contributed by atoms with Gasteiger partial charge in [-0.05, 0) is 30.7 Å². The highest BCUT2D eigenvalue weighted by atomic mass is 35.5. The number of halogens is 2. The predicted molar refractivity (Wildman–Crippen MR) is 83.7 cm³/mol. The Kier molecular flexibility index (Phi) is 3.47. The summed E-state index contributed by atoms with van der Waals surface area (Å²) in [5, 5.41) is 1.19. The first-order valence-corrected chi connectivity index (χ1v) is 6.97. The summed E-state index contributed by atoms with van der Waals surface area (Å²) in [5.41, 5.74) is 8.96. The largest absolute Gasteiger partial charge is 0.383 e. The van der Waals surface area contributed by atoms with Gasteiger partial charge in [0.15, 0.2) is 0 Å². The second-order valence-corrected chi connectivity index (χ2v) is 5.14. The Morgan fingerprint density at radius 3 is 2.76 bits per heavy atom. The Morgan fingerprint density at radius 2 is 2.05 bits per heavy atom. The number of aromatic nitrogens is 2. The molecule has 0 aliphatic rings. The molecule has 0 saturated heterocycles. The lowest BCUT2D eigenvalue weighted by atomic mass is 10.0. The highest BCUT2D eigenvalue weighted by Gasteiger charge is 2.14. The lowest BCUT2D eigenvalue weighted by molar-refractivity contribution is 0.624. The maximum Gasteiger partial charge on any atom is 0.142 e. The van der Waals surface area contributed by atoms with Crippen LogP contribution in [0.5, 0.6) is 0 Å². The molecular weight excluding hydrogens is 289 g/mol. The number of pyridine rings is 2. The van der Waals surface area contributed by atoms with Crippen LogP contribution in [0.25, 0.3) is 22.0 Å². The summed E-state index contributed by atoms with van der Waals surface area (Å²) in [6.07, 6.45) is 1.98. The molecule has 0 spiro atoms. The fourth-order valence-corrected chi connectivity index (χ4v) is 2.59. The SMILES string of the molecule is CCc1ccc(-c2c(Cl)ccc3cc(F)cnc23)c(N)n1. The van der Waals surface area contributed by atoms with Crippen LogP contribution in [0, 0.1) is 5.82 Å². The molecular formula is C16H13ClFN3. The van der Waals surface area contributed by atoms with E-state index in [1.54, 1.807) is 12.1 Å². The highest BCUT2D eigenvalue weighted by molar-refractivity contribution is 6.35. The molecule has 1 aromatic carbocycles. The van der Waals surface area contributed by atoms with Crippen LogP contribution in [0.3, 0.4) is 0 Å². The van der Waals surface area contributed by atoms with Gasteiger partial charge in [0.05, 0.1) is 16.7 Å². The summed E-state index contributed by atoms with van der Waals surface area (Å²) >= 11 is 6.31. The quantitative estimate of drug-likeness (QED) is 0.770. The molecule has 3 rings (SSSR count). The molecule has 0 radical (unpaired) electrons. The average molecular weight is 302 g/mol. The van der Waals surface area contributed by atoms with E-state index < -0.39 is 0 Å². The molecule has 0 fully saturated rings. The van der Waals surface area contributed by atoms with Gasteiger partial charge in [-0.1, -0.05) is 24.6 Å². The van der Waals surface area contributed by atoms with Crippen molar-refractivity contribution in [3.63, 3.8) is 0 Å². The third-order valence-corrected chi connectivity index (χ3v) is 3.70. The summed E-state index contributed by atoms with van der Waals surface area (Å²) in [5.74, 6) is 0.0121. The predicted octanol–water partition coefficient (Wildman–Crippen LogP) is 4.23. The van der Waals surface area contributed by atoms with E-state index in [2.05, 4.69) is 9.97 Å². The van der Waals surface area contributed by atoms with Gasteiger partial charge in [-0.15, -0.1) is 0 Å². The smallest absolute Gasteiger partial charge is 0.142 e. The van der Waals surface area contributed by atoms with Crippen molar-refractivity contribution >= 4 is 28.3 Å². The van der Waals surface area contributed by atoms with Crippen molar-refractivity contribution in [2.75, 3.05) is 5.73 Å². The molecule has 2 heterocycles. The Balaban J connectivity index is 2.31. The summed E-state index contributed by atoms with van der Waals surface area (Å²) < 4.78 is 13.3. The topological polar surface area (TPSA) is 51.8 Å². The van der Waals surface area contributed by atoms with Crippen LogP contribution in [0.1, 0.15) is 12.6 Å².